The van der Waals surface area contributed by atoms with E-state index in [1.807, 2.05) is 60.6 Å². The van der Waals surface area contributed by atoms with Gasteiger partial charge in [0.1, 0.15) is 11.5 Å². The largest absolute Gasteiger partial charge is 1.00 e. The number of aliphatic hydroxyl groups is 1. The molecule has 12 unspecified atom stereocenters. The molecule has 3 saturated heterocycles. The minimum absolute atomic E-state index is 0. The molecular formula is C102H146N3Na4O26-. The maximum absolute atomic E-state index is 15.1. The van der Waals surface area contributed by atoms with Gasteiger partial charge in [-0.15, -0.1) is 0 Å². The maximum Gasteiger partial charge on any atom is 1.00 e. The molecule has 0 radical (unpaired) electrons. The number of nitrogens with one attached hydrogen (secondary N) is 1. The number of phenolic OH excluding ortho intramolecular Hbond substituents is 1. The summed E-state index contributed by atoms with van der Waals surface area (Å²) in [6.45, 7) is 45.4. The molecule has 3 amide bonds. The molecule has 7 rings (SSSR count). The second-order valence-corrected chi connectivity index (χ2v) is 38.1. The van der Waals surface area contributed by atoms with Gasteiger partial charge < -0.3 is 82.3 Å². The number of carboxylic acid groups (broad SMARTS) is 3. The smallest absolute Gasteiger partial charge is 0.870 e. The molecule has 135 heavy (non-hydrogen) atoms. The summed E-state index contributed by atoms with van der Waals surface area (Å²) in [6.07, 6.45) is 3.19. The number of ether oxygens (including phenoxy) is 4. The molecule has 4 aromatic carbocycles. The van der Waals surface area contributed by atoms with E-state index in [2.05, 4.69) is 23.9 Å². The first-order valence-corrected chi connectivity index (χ1v) is 45.4. The number of unbranched alkanes of at least 4 members (excludes halogenated alkanes) is 3. The fraction of sp³-hybridized carbons (Fsp3) is 0.598. The monoisotopic (exact) mass is 1920 g/mol. The molecule has 0 aromatic heterocycles. The van der Waals surface area contributed by atoms with Gasteiger partial charge in [-0.05, 0) is 160 Å². The van der Waals surface area contributed by atoms with Gasteiger partial charge in [0.05, 0.1) is 72.7 Å². The molecule has 29 nitrogen and oxygen atoms in total. The molecule has 3 fully saturated rings. The number of phenols is 1. The SMILES string of the molecule is CCC(C)(C)C1C(=O)OC(=O)C1C.CCCCN.CCCCNC(=O)C(C(CC(C)(C)C1C(=O)OC(=O)C1C)C(=O)[O-])C(C)(C)CC1C(=O)N(CCCC)C(=O)C1C(C)(C)CC(C(=O)[O-])C(C(=O)OCC)C(C)(C)CC(C(=O)[O-])C(C(=O)Oc1ccc(C(=O)CC(=O)c2ccc(C)cc2)cc1)C(C)(C)CC.CCO.Cc1ccc(C(=O)CC(=O)c2ccc(O)cc2)cc1.[CH2-]C.[Na+].[Na+].[Na+].[Na+].[OH-]. The van der Waals surface area contributed by atoms with Crippen LogP contribution in [-0.4, -0.2) is 148 Å². The number of nitrogens with zero attached hydrogens (tertiary/aromatic N) is 1. The summed E-state index contributed by atoms with van der Waals surface area (Å²) in [5.41, 5.74) is 1.27. The quantitative estimate of drug-likeness (QED) is 0.00552. The third-order valence-electron chi connectivity index (χ3n) is 25.3. The number of carbonyl (C=O) groups is 16. The Balaban J connectivity index is -0.00000149. The van der Waals surface area contributed by atoms with Crippen LogP contribution in [-0.2, 0) is 71.7 Å². The molecule has 0 aliphatic carbocycles. The van der Waals surface area contributed by atoms with Crippen LogP contribution in [0.3, 0.4) is 0 Å². The van der Waals surface area contributed by atoms with Crippen molar-refractivity contribution in [2.75, 3.05) is 32.8 Å². The predicted octanol–water partition coefficient (Wildman–Crippen LogP) is 0.959. The maximum atomic E-state index is 15.1. The van der Waals surface area contributed by atoms with Crippen molar-refractivity contribution < 1.29 is 245 Å². The van der Waals surface area contributed by atoms with Crippen LogP contribution in [0.2, 0.25) is 0 Å². The van der Waals surface area contributed by atoms with Crippen LogP contribution >= 0.6 is 0 Å². The third kappa shape index (κ3) is 39.5. The molecule has 0 spiro atoms. The summed E-state index contributed by atoms with van der Waals surface area (Å²) in [4.78, 5) is 214. The van der Waals surface area contributed by atoms with Crippen molar-refractivity contribution in [2.24, 2.45) is 109 Å². The zero-order valence-electron chi connectivity index (χ0n) is 85.6. The number of benzene rings is 4. The van der Waals surface area contributed by atoms with Crippen LogP contribution in [0.5, 0.6) is 11.5 Å². The zero-order valence-corrected chi connectivity index (χ0v) is 93.6. The summed E-state index contributed by atoms with van der Waals surface area (Å²) in [6, 6.07) is 25.2. The average Bonchev–Trinajstić information content (AvgIpc) is 1.63. The molecule has 3 aliphatic rings. The van der Waals surface area contributed by atoms with E-state index in [-0.39, 0.29) is 234 Å². The first-order valence-electron chi connectivity index (χ1n) is 45.4. The molecule has 0 bridgehead atoms. The van der Waals surface area contributed by atoms with Crippen LogP contribution in [0, 0.1) is 124 Å². The van der Waals surface area contributed by atoms with E-state index < -0.39 is 177 Å². The Morgan fingerprint density at radius 2 is 0.830 bits per heavy atom. The fourth-order valence-electron chi connectivity index (χ4n) is 17.6. The van der Waals surface area contributed by atoms with Crippen LogP contribution in [0.1, 0.15) is 295 Å². The number of hydrogen-bond acceptors (Lipinski definition) is 27. The summed E-state index contributed by atoms with van der Waals surface area (Å²) in [5.74, 6) is -28.2. The summed E-state index contributed by atoms with van der Waals surface area (Å²) in [5, 5.41) is 60.6. The minimum Gasteiger partial charge on any atom is -0.870 e. The number of rotatable bonds is 43. The van der Waals surface area contributed by atoms with Gasteiger partial charge in [-0.2, -0.15) is 6.92 Å². The standard InChI is InChI=1S/C68H96N2O18.C16H14O3.C10H16O3.C4H11N.C2H6O.C2H5.4Na.H2O/c1-17-21-31-69-54(73)50(44(57(76)77)35-65(9,10)49-39(6)60(82)88-62(49)84)66(11,12)34-43-51(56(75)70(55(43)74)32-22-18-2)67(13,14)36-45(58(78)79)52(61(83)86-20-4)68(15,16)37-46(59(80)81)53(64(7,8)19-3)63(85)87-42-29-27-41(28-30-42)48(72)33-47(71)40-25-23-38(5)24-26-40;1-11-2-4-12(5-3-11)15(18)10-16(19)13-6-8-14(17)9-7-13;1-5-10(3,4)7-6(2)8(11)13-9(7)12;1-2-3-4-5;1-2-3;1-2;;;;;/h23-30,39,43-46,49-53H,17-22,31-37H2,1-16H3,(H,69,73)(H,76,77)(H,78,79)(H,80,81);2-9,17H,10H2,1H3;6-7H,5H2,1-4H3;2-5H2,1H3;3H,2H2,1H3;1H2,2H3;;;;;1H2/q;;;;;-1;4*+1;/p-4. The second-order valence-electron chi connectivity index (χ2n) is 38.1. The number of esters is 6. The number of nitrogens with two attached hydrogens (primary N) is 1. The zero-order chi connectivity index (χ0) is 99.6. The third-order valence-corrected chi connectivity index (χ3v) is 25.3. The first-order chi connectivity index (χ1) is 60.5. The van der Waals surface area contributed by atoms with Crippen molar-refractivity contribution in [3.8, 4) is 11.5 Å². The molecule has 6 N–H and O–H groups in total. The van der Waals surface area contributed by atoms with Crippen LogP contribution in [0.25, 0.3) is 0 Å². The number of Topliss-reactive ketones (excluding diaryl/α,β-unsaturated/α-hetero) is 4. The van der Waals surface area contributed by atoms with Crippen LogP contribution in [0.15, 0.2) is 97.1 Å². The number of aryl methyl sites for hydroxylation is 2. The molecule has 3 aliphatic heterocycles. The number of carbonyl (C=O) groups excluding carboxylic acids is 16. The van der Waals surface area contributed by atoms with Gasteiger partial charge in [0, 0.05) is 77.6 Å². The average molecular weight is 1920 g/mol. The number of carboxylic acids is 3. The number of amides is 3. The van der Waals surface area contributed by atoms with E-state index >= 15 is 4.79 Å². The van der Waals surface area contributed by atoms with Crippen molar-refractivity contribution in [3.05, 3.63) is 137 Å². The topological polar surface area (TPSA) is 491 Å². The number of cyclic esters (lactones) is 4. The molecule has 730 valence electrons. The van der Waals surface area contributed by atoms with Crippen LogP contribution < -0.4 is 149 Å². The number of hydrogen-bond donors (Lipinski definition) is 4. The minimum atomic E-state index is -1.87. The van der Waals surface area contributed by atoms with Crippen molar-refractivity contribution in [1.82, 2.24) is 10.2 Å². The van der Waals surface area contributed by atoms with Crippen molar-refractivity contribution in [1.29, 1.82) is 0 Å². The summed E-state index contributed by atoms with van der Waals surface area (Å²) >= 11 is 0. The molecular weight excluding hydrogens is 1780 g/mol. The number of ketones is 4. The van der Waals surface area contributed by atoms with E-state index in [9.17, 15) is 87.2 Å². The number of aliphatic carboxylic acids is 3. The number of aliphatic hydroxyl groups excluding tert-OH is 1. The molecule has 4 aromatic rings. The van der Waals surface area contributed by atoms with E-state index in [0.29, 0.717) is 42.4 Å². The molecule has 3 heterocycles. The Labute approximate surface area is 888 Å². The molecule has 33 heteroatoms. The second kappa shape index (κ2) is 62.6. The van der Waals surface area contributed by atoms with Gasteiger partial charge in [0.25, 0.3) is 0 Å². The molecule has 0 saturated carbocycles. The van der Waals surface area contributed by atoms with Gasteiger partial charge in [-0.1, -0.05) is 223 Å². The number of aromatic hydroxyl groups is 1. The predicted molar refractivity (Wildman–Crippen MR) is 487 cm³/mol. The summed E-state index contributed by atoms with van der Waals surface area (Å²) in [7, 11) is 0. The van der Waals surface area contributed by atoms with E-state index in [1.54, 1.807) is 119 Å². The van der Waals surface area contributed by atoms with Crippen molar-refractivity contribution >= 4 is 94.6 Å². The van der Waals surface area contributed by atoms with E-state index in [0.717, 1.165) is 29.0 Å². The Bertz CT molecular complexity index is 4450. The number of imide groups is 1. The number of likely N-dealkylation sites (tertiary alicyclic amines) is 1. The Morgan fingerprint density at radius 1 is 0.474 bits per heavy atom. The van der Waals surface area contributed by atoms with E-state index in [1.165, 1.54) is 89.1 Å². The van der Waals surface area contributed by atoms with Gasteiger partial charge in [-0.25, -0.2) is 0 Å². The van der Waals surface area contributed by atoms with Gasteiger partial charge in [-0.3, -0.25) is 67.2 Å². The van der Waals surface area contributed by atoms with Gasteiger partial charge >= 0.3 is 154 Å². The Morgan fingerprint density at radius 3 is 1.17 bits per heavy atom. The Kier molecular flexibility index (Phi) is 62.5. The van der Waals surface area contributed by atoms with Gasteiger partial charge in [0.15, 0.2) is 23.1 Å². The van der Waals surface area contributed by atoms with E-state index in [4.69, 9.17) is 30.2 Å². The van der Waals surface area contributed by atoms with Gasteiger partial charge in [0.2, 0.25) is 17.7 Å². The summed E-state index contributed by atoms with van der Waals surface area (Å²) < 4.78 is 20.9. The van der Waals surface area contributed by atoms with Crippen LogP contribution in [0.4, 0.5) is 0 Å². The fourth-order valence-corrected chi connectivity index (χ4v) is 17.6. The van der Waals surface area contributed by atoms with Crippen molar-refractivity contribution in [2.45, 2.75) is 256 Å². The first kappa shape index (κ1) is 135. The molecule has 12 atom stereocenters. The normalized spacial score (nSPS) is 17.5. The Hall–Kier alpha value is -6.52. The van der Waals surface area contributed by atoms with Crippen molar-refractivity contribution in [3.63, 3.8) is 0 Å².